The third-order valence-electron chi connectivity index (χ3n) is 2.09. The molecule has 15 heavy (non-hydrogen) atoms. The maximum Gasteiger partial charge on any atom is 0.240 e. The van der Waals surface area contributed by atoms with Gasteiger partial charge in [0.05, 0.1) is 11.4 Å². The van der Waals surface area contributed by atoms with E-state index in [0.717, 1.165) is 6.20 Å². The van der Waals surface area contributed by atoms with Gasteiger partial charge in [0.1, 0.15) is 11.6 Å². The molecule has 5 heteroatoms. The van der Waals surface area contributed by atoms with Gasteiger partial charge in [-0.1, -0.05) is 0 Å². The maximum absolute atomic E-state index is 12.6. The molecule has 1 unspecified atom stereocenters. The molecule has 1 amide bonds. The number of thioether (sulfide) groups is 1. The number of carbonyl (C=O) groups excluding carboxylic acids is 1. The zero-order chi connectivity index (χ0) is 11.4. The summed E-state index contributed by atoms with van der Waals surface area (Å²) in [5, 5.41) is -0.123. The normalized spacial score (nSPS) is 12.3. The second-order valence-corrected chi connectivity index (χ2v) is 4.29. The lowest BCUT2D eigenvalue weighted by molar-refractivity contribution is -0.117. The van der Waals surface area contributed by atoms with Gasteiger partial charge in [-0.2, -0.15) is 11.8 Å². The molecule has 0 saturated heterocycles. The summed E-state index contributed by atoms with van der Waals surface area (Å²) < 4.78 is 12.6. The molecule has 0 fully saturated rings. The van der Waals surface area contributed by atoms with Gasteiger partial charge in [-0.3, -0.25) is 9.69 Å². The Balaban J connectivity index is 2.80. The second kappa shape index (κ2) is 5.11. The number of anilines is 1. The van der Waals surface area contributed by atoms with Crippen LogP contribution in [0.4, 0.5) is 10.2 Å². The average molecular weight is 228 g/mol. The van der Waals surface area contributed by atoms with E-state index in [1.165, 1.54) is 28.8 Å². The molecule has 0 saturated carbocycles. The lowest BCUT2D eigenvalue weighted by atomic mass is 10.3. The van der Waals surface area contributed by atoms with E-state index in [2.05, 4.69) is 4.98 Å². The summed E-state index contributed by atoms with van der Waals surface area (Å²) >= 11 is 1.47. The van der Waals surface area contributed by atoms with Crippen LogP contribution in [0, 0.1) is 5.82 Å². The minimum absolute atomic E-state index is 0.0402. The van der Waals surface area contributed by atoms with Crippen molar-refractivity contribution in [2.24, 2.45) is 0 Å². The zero-order valence-corrected chi connectivity index (χ0v) is 9.71. The largest absolute Gasteiger partial charge is 0.299 e. The molecule has 0 bridgehead atoms. The lowest BCUT2D eigenvalue weighted by Gasteiger charge is -2.19. The molecule has 0 radical (unpaired) electrons. The molecule has 1 aromatic heterocycles. The first kappa shape index (κ1) is 12.0. The van der Waals surface area contributed by atoms with Gasteiger partial charge in [-0.25, -0.2) is 9.37 Å². The Morgan fingerprint density at radius 1 is 1.60 bits per heavy atom. The minimum Gasteiger partial charge on any atom is -0.299 e. The molecule has 0 aromatic carbocycles. The molecule has 82 valence electrons. The first-order valence-electron chi connectivity index (χ1n) is 4.48. The van der Waals surface area contributed by atoms with E-state index < -0.39 is 5.82 Å². The van der Waals surface area contributed by atoms with Gasteiger partial charge in [-0.15, -0.1) is 0 Å². The molecule has 0 N–H and O–H groups in total. The first-order valence-corrected chi connectivity index (χ1v) is 5.77. The second-order valence-electron chi connectivity index (χ2n) is 3.11. The van der Waals surface area contributed by atoms with Crippen molar-refractivity contribution >= 4 is 23.5 Å². The molecule has 0 aliphatic rings. The minimum atomic E-state index is -0.405. The molecule has 1 rings (SSSR count). The third-order valence-corrected chi connectivity index (χ3v) is 3.00. The van der Waals surface area contributed by atoms with Crippen LogP contribution in [0.5, 0.6) is 0 Å². The predicted octanol–water partition coefficient (Wildman–Crippen LogP) is 1.94. The van der Waals surface area contributed by atoms with Crippen LogP contribution in [0.15, 0.2) is 18.3 Å². The average Bonchev–Trinajstić information content (AvgIpc) is 2.27. The Kier molecular flexibility index (Phi) is 4.08. The number of carbonyl (C=O) groups is 1. The SMILES string of the molecule is CSC(C)C(=O)N(C)c1ccc(F)cn1. The highest BCUT2D eigenvalue weighted by molar-refractivity contribution is 7.99. The smallest absolute Gasteiger partial charge is 0.240 e. The Morgan fingerprint density at radius 2 is 2.27 bits per heavy atom. The maximum atomic E-state index is 12.6. The number of nitrogens with zero attached hydrogens (tertiary/aromatic N) is 2. The van der Waals surface area contributed by atoms with Crippen molar-refractivity contribution in [3.63, 3.8) is 0 Å². The van der Waals surface area contributed by atoms with E-state index in [9.17, 15) is 9.18 Å². The monoisotopic (exact) mass is 228 g/mol. The molecule has 3 nitrogen and oxygen atoms in total. The van der Waals surface area contributed by atoms with Crippen LogP contribution in [0.3, 0.4) is 0 Å². The topological polar surface area (TPSA) is 33.2 Å². The van der Waals surface area contributed by atoms with Crippen molar-refractivity contribution in [3.05, 3.63) is 24.1 Å². The number of hydrogen-bond donors (Lipinski definition) is 0. The third kappa shape index (κ3) is 2.92. The summed E-state index contributed by atoms with van der Waals surface area (Å²) in [6.45, 7) is 1.83. The Morgan fingerprint density at radius 3 is 2.73 bits per heavy atom. The number of amides is 1. The predicted molar refractivity (Wildman–Crippen MR) is 60.6 cm³/mol. The van der Waals surface area contributed by atoms with Gasteiger partial charge in [0.2, 0.25) is 5.91 Å². The number of halogens is 1. The number of rotatable bonds is 3. The lowest BCUT2D eigenvalue weighted by Crippen LogP contribution is -2.33. The quantitative estimate of drug-likeness (QED) is 0.792. The zero-order valence-electron chi connectivity index (χ0n) is 8.90. The van der Waals surface area contributed by atoms with Crippen molar-refractivity contribution in [1.29, 1.82) is 0 Å². The highest BCUT2D eigenvalue weighted by atomic mass is 32.2. The van der Waals surface area contributed by atoms with Crippen molar-refractivity contribution in [3.8, 4) is 0 Å². The van der Waals surface area contributed by atoms with Gasteiger partial charge in [-0.05, 0) is 25.3 Å². The van der Waals surface area contributed by atoms with Crippen molar-refractivity contribution in [2.75, 3.05) is 18.2 Å². The highest BCUT2D eigenvalue weighted by Crippen LogP contribution is 2.14. The summed E-state index contributed by atoms with van der Waals surface area (Å²) in [6, 6.07) is 2.77. The van der Waals surface area contributed by atoms with Crippen LogP contribution in [0.1, 0.15) is 6.92 Å². The summed E-state index contributed by atoms with van der Waals surface area (Å²) in [7, 11) is 1.63. The standard InChI is InChI=1S/C10H13FN2OS/c1-7(15-3)10(14)13(2)9-5-4-8(11)6-12-9/h4-7H,1-3H3. The van der Waals surface area contributed by atoms with Gasteiger partial charge in [0.25, 0.3) is 0 Å². The van der Waals surface area contributed by atoms with E-state index in [0.29, 0.717) is 5.82 Å². The van der Waals surface area contributed by atoms with Crippen LogP contribution in [-0.4, -0.2) is 29.4 Å². The fourth-order valence-corrected chi connectivity index (χ4v) is 1.41. The molecule has 1 heterocycles. The number of pyridine rings is 1. The van der Waals surface area contributed by atoms with Crippen LogP contribution in [0.2, 0.25) is 0 Å². The van der Waals surface area contributed by atoms with Gasteiger partial charge < -0.3 is 0 Å². The summed E-state index contributed by atoms with van der Waals surface area (Å²) in [5.74, 6) is 0.0152. The molecule has 0 aliphatic carbocycles. The number of hydrogen-bond acceptors (Lipinski definition) is 3. The molecule has 1 aromatic rings. The van der Waals surface area contributed by atoms with E-state index in [1.54, 1.807) is 7.05 Å². The Bertz CT molecular complexity index is 342. The molecule has 0 aliphatic heterocycles. The van der Waals surface area contributed by atoms with E-state index in [-0.39, 0.29) is 11.2 Å². The van der Waals surface area contributed by atoms with E-state index in [4.69, 9.17) is 0 Å². The summed E-state index contributed by atoms with van der Waals surface area (Å²) in [4.78, 5) is 17.0. The van der Waals surface area contributed by atoms with Crippen molar-refractivity contribution in [1.82, 2.24) is 4.98 Å². The number of aromatic nitrogens is 1. The Hall–Kier alpha value is -1.10. The fourth-order valence-electron chi connectivity index (χ4n) is 1.05. The molecule has 1 atom stereocenters. The van der Waals surface area contributed by atoms with E-state index >= 15 is 0 Å². The summed E-state index contributed by atoms with van der Waals surface area (Å²) in [5.41, 5.74) is 0. The van der Waals surface area contributed by atoms with Gasteiger partial charge >= 0.3 is 0 Å². The van der Waals surface area contributed by atoms with E-state index in [1.807, 2.05) is 13.2 Å². The van der Waals surface area contributed by atoms with Crippen LogP contribution >= 0.6 is 11.8 Å². The van der Waals surface area contributed by atoms with Crippen LogP contribution in [-0.2, 0) is 4.79 Å². The molecular weight excluding hydrogens is 215 g/mol. The van der Waals surface area contributed by atoms with Crippen molar-refractivity contribution < 1.29 is 9.18 Å². The van der Waals surface area contributed by atoms with Gasteiger partial charge in [0, 0.05) is 7.05 Å². The highest BCUT2D eigenvalue weighted by Gasteiger charge is 2.18. The van der Waals surface area contributed by atoms with Crippen LogP contribution in [0.25, 0.3) is 0 Å². The fraction of sp³-hybridized carbons (Fsp3) is 0.400. The Labute approximate surface area is 92.7 Å². The van der Waals surface area contributed by atoms with Gasteiger partial charge in [0.15, 0.2) is 0 Å². The summed E-state index contributed by atoms with van der Waals surface area (Å²) in [6.07, 6.45) is 2.97. The first-order chi connectivity index (χ1) is 7.06. The molecule has 0 spiro atoms. The van der Waals surface area contributed by atoms with Crippen LogP contribution < -0.4 is 4.90 Å². The molecular formula is C10H13FN2OS. The van der Waals surface area contributed by atoms with Crippen molar-refractivity contribution in [2.45, 2.75) is 12.2 Å².